The van der Waals surface area contributed by atoms with Gasteiger partial charge in [-0.15, -0.1) is 0 Å². The Morgan fingerprint density at radius 1 is 0.971 bits per heavy atom. The molecule has 1 N–H and O–H groups in total. The molecule has 0 saturated carbocycles. The number of hydrogen-bond donors (Lipinski definition) is 1. The molecule has 1 unspecified atom stereocenters. The molecule has 8 heteroatoms. The van der Waals surface area contributed by atoms with Crippen LogP contribution in [-0.4, -0.2) is 39.1 Å². The van der Waals surface area contributed by atoms with Gasteiger partial charge >= 0.3 is 0 Å². The molecule has 174 valence electrons. The maximum Gasteiger partial charge on any atom is 0.231 e. The van der Waals surface area contributed by atoms with E-state index in [9.17, 15) is 0 Å². The van der Waals surface area contributed by atoms with Crippen LogP contribution in [0.1, 0.15) is 29.2 Å². The van der Waals surface area contributed by atoms with Gasteiger partial charge in [0.25, 0.3) is 0 Å². The summed E-state index contributed by atoms with van der Waals surface area (Å²) in [7, 11) is 0. The summed E-state index contributed by atoms with van der Waals surface area (Å²) in [6, 6.07) is 22.2. The van der Waals surface area contributed by atoms with Crippen LogP contribution in [0.25, 0.3) is 11.0 Å². The number of benzene rings is 3. The van der Waals surface area contributed by atoms with E-state index in [1.54, 1.807) is 12.4 Å². The average Bonchev–Trinajstić information content (AvgIpc) is 3.56. The maximum atomic E-state index is 5.84. The Hall–Kier alpha value is -4.04. The molecular formula is C27H23N5O2S. The van der Waals surface area contributed by atoms with Crippen LogP contribution in [0.15, 0.2) is 84.2 Å². The number of aromatic nitrogens is 2. The molecule has 2 aliphatic rings. The van der Waals surface area contributed by atoms with Crippen LogP contribution in [-0.2, 0) is 6.42 Å². The summed E-state index contributed by atoms with van der Waals surface area (Å²) in [5.41, 5.74) is 5.93. The molecule has 0 fully saturated rings. The molecule has 1 atom stereocenters. The first kappa shape index (κ1) is 21.5. The number of rotatable bonds is 5. The van der Waals surface area contributed by atoms with Gasteiger partial charge in [-0.25, -0.2) is 5.01 Å². The molecule has 7 nitrogen and oxygen atoms in total. The Bertz CT molecular complexity index is 1420. The van der Waals surface area contributed by atoms with E-state index in [2.05, 4.69) is 33.5 Å². The summed E-state index contributed by atoms with van der Waals surface area (Å²) in [5, 5.41) is 10.9. The maximum absolute atomic E-state index is 5.84. The van der Waals surface area contributed by atoms with Gasteiger partial charge in [0.15, 0.2) is 16.6 Å². The molecule has 0 amide bonds. The molecule has 4 aromatic rings. The molecule has 35 heavy (non-hydrogen) atoms. The fourth-order valence-corrected chi connectivity index (χ4v) is 4.78. The predicted molar refractivity (Wildman–Crippen MR) is 139 cm³/mol. The highest BCUT2D eigenvalue weighted by molar-refractivity contribution is 7.80. The zero-order chi connectivity index (χ0) is 23.6. The summed E-state index contributed by atoms with van der Waals surface area (Å²) in [6.45, 7) is 0.959. The fraction of sp³-hybridized carbons (Fsp3) is 0.185. The zero-order valence-electron chi connectivity index (χ0n) is 18.9. The largest absolute Gasteiger partial charge is 0.454 e. The van der Waals surface area contributed by atoms with Crippen molar-refractivity contribution < 1.29 is 9.47 Å². The highest BCUT2D eigenvalue weighted by Gasteiger charge is 2.33. The van der Waals surface area contributed by atoms with Crippen LogP contribution in [0.3, 0.4) is 0 Å². The lowest BCUT2D eigenvalue weighted by atomic mass is 9.97. The van der Waals surface area contributed by atoms with Crippen molar-refractivity contribution >= 4 is 34.1 Å². The minimum atomic E-state index is -0.104. The average molecular weight is 482 g/mol. The molecule has 3 heterocycles. The van der Waals surface area contributed by atoms with Crippen LogP contribution in [0, 0.1) is 0 Å². The summed E-state index contributed by atoms with van der Waals surface area (Å²) in [6.07, 6.45) is 4.98. The second kappa shape index (κ2) is 9.31. The fourth-order valence-electron chi connectivity index (χ4n) is 4.51. The van der Waals surface area contributed by atoms with Crippen molar-refractivity contribution in [3.8, 4) is 11.5 Å². The van der Waals surface area contributed by atoms with Gasteiger partial charge in [0, 0.05) is 36.5 Å². The lowest BCUT2D eigenvalue weighted by Gasteiger charge is -2.25. The van der Waals surface area contributed by atoms with Crippen LogP contribution in [0.5, 0.6) is 11.5 Å². The zero-order valence-corrected chi connectivity index (χ0v) is 19.7. The van der Waals surface area contributed by atoms with Crippen molar-refractivity contribution in [1.82, 2.24) is 20.3 Å². The standard InChI is InChI=1S/C27H23N5O2S/c35-27(30-12-11-18-5-2-1-3-6-18)32-23(20-7-4-8-21-26(20)29-14-13-28-21)16-22(31-32)19-9-10-24-25(15-19)34-17-33-24/h1-10,13-15,23H,11-12,16-17H2,(H,30,35). The van der Waals surface area contributed by atoms with E-state index in [0.29, 0.717) is 11.5 Å². The quantitative estimate of drug-likeness (QED) is 0.417. The first-order valence-corrected chi connectivity index (χ1v) is 12.0. The molecular weight excluding hydrogens is 458 g/mol. The third kappa shape index (κ3) is 4.28. The van der Waals surface area contributed by atoms with E-state index in [-0.39, 0.29) is 12.8 Å². The summed E-state index contributed by atoms with van der Waals surface area (Å²) >= 11 is 5.84. The number of ether oxygens (including phenoxy) is 2. The molecule has 6 rings (SSSR count). The third-order valence-electron chi connectivity index (χ3n) is 6.25. The van der Waals surface area contributed by atoms with Crippen molar-refractivity contribution in [2.75, 3.05) is 13.3 Å². The SMILES string of the molecule is S=C(NCCc1ccccc1)N1N=C(c2ccc3c(c2)OCO3)CC1c1cccc2nccnc12. The monoisotopic (exact) mass is 481 g/mol. The topological polar surface area (TPSA) is 71.9 Å². The van der Waals surface area contributed by atoms with Crippen LogP contribution < -0.4 is 14.8 Å². The van der Waals surface area contributed by atoms with Crippen molar-refractivity contribution in [1.29, 1.82) is 0 Å². The first-order valence-electron chi connectivity index (χ1n) is 11.5. The lowest BCUT2D eigenvalue weighted by molar-refractivity contribution is 0.174. The number of thiocarbonyl (C=S) groups is 1. The summed E-state index contributed by atoms with van der Waals surface area (Å²) < 4.78 is 11.1. The minimum Gasteiger partial charge on any atom is -0.454 e. The Labute approximate surface area is 208 Å². The number of para-hydroxylation sites is 1. The summed E-state index contributed by atoms with van der Waals surface area (Å²) in [4.78, 5) is 9.11. The molecule has 0 radical (unpaired) electrons. The third-order valence-corrected chi connectivity index (χ3v) is 6.58. The molecule has 0 spiro atoms. The number of hydrazone groups is 1. The molecule has 0 bridgehead atoms. The van der Waals surface area contributed by atoms with Gasteiger partial charge < -0.3 is 14.8 Å². The number of fused-ring (bicyclic) bond motifs is 2. The first-order chi connectivity index (χ1) is 17.3. The van der Waals surface area contributed by atoms with Crippen LogP contribution >= 0.6 is 12.2 Å². The molecule has 2 aliphatic heterocycles. The molecule has 3 aromatic carbocycles. The smallest absolute Gasteiger partial charge is 0.231 e. The molecule has 1 aromatic heterocycles. The van der Waals surface area contributed by atoms with Crippen molar-refractivity contribution in [3.05, 3.63) is 95.8 Å². The van der Waals surface area contributed by atoms with Crippen LogP contribution in [0.2, 0.25) is 0 Å². The van der Waals surface area contributed by atoms with Gasteiger partial charge in [0.2, 0.25) is 6.79 Å². The Balaban J connectivity index is 1.30. The molecule has 0 saturated heterocycles. The second-order valence-corrected chi connectivity index (χ2v) is 8.80. The van der Waals surface area contributed by atoms with Gasteiger partial charge in [-0.3, -0.25) is 9.97 Å². The second-order valence-electron chi connectivity index (χ2n) is 8.42. The van der Waals surface area contributed by atoms with Crippen molar-refractivity contribution in [2.24, 2.45) is 5.10 Å². The number of hydrogen-bond acceptors (Lipinski definition) is 6. The normalized spacial score (nSPS) is 16.4. The van der Waals surface area contributed by atoms with E-state index in [1.807, 2.05) is 53.5 Å². The highest BCUT2D eigenvalue weighted by Crippen LogP contribution is 2.38. The van der Waals surface area contributed by atoms with E-state index in [4.69, 9.17) is 26.8 Å². The molecule has 0 aliphatic carbocycles. The van der Waals surface area contributed by atoms with E-state index in [1.165, 1.54) is 5.56 Å². The van der Waals surface area contributed by atoms with E-state index < -0.39 is 0 Å². The van der Waals surface area contributed by atoms with E-state index >= 15 is 0 Å². The van der Waals surface area contributed by atoms with E-state index in [0.717, 1.165) is 52.3 Å². The van der Waals surface area contributed by atoms with Gasteiger partial charge in [-0.05, 0) is 48.5 Å². The summed E-state index contributed by atoms with van der Waals surface area (Å²) in [5.74, 6) is 1.49. The number of nitrogens with one attached hydrogen (secondary N) is 1. The van der Waals surface area contributed by atoms with Crippen LogP contribution in [0.4, 0.5) is 0 Å². The highest BCUT2D eigenvalue weighted by atomic mass is 32.1. The van der Waals surface area contributed by atoms with Crippen molar-refractivity contribution in [2.45, 2.75) is 18.9 Å². The Morgan fingerprint density at radius 3 is 2.74 bits per heavy atom. The predicted octanol–water partition coefficient (Wildman–Crippen LogP) is 4.63. The van der Waals surface area contributed by atoms with Crippen molar-refractivity contribution in [3.63, 3.8) is 0 Å². The van der Waals surface area contributed by atoms with Gasteiger partial charge in [-0.1, -0.05) is 42.5 Å². The minimum absolute atomic E-state index is 0.104. The Morgan fingerprint density at radius 2 is 1.83 bits per heavy atom. The van der Waals surface area contributed by atoms with Gasteiger partial charge in [0.05, 0.1) is 22.8 Å². The van der Waals surface area contributed by atoms with Gasteiger partial charge in [0.1, 0.15) is 0 Å². The number of nitrogens with zero attached hydrogens (tertiary/aromatic N) is 4. The lowest BCUT2D eigenvalue weighted by Crippen LogP contribution is -2.37. The Kier molecular flexibility index (Phi) is 5.71. The van der Waals surface area contributed by atoms with Gasteiger partial charge in [-0.2, -0.15) is 5.10 Å².